The lowest BCUT2D eigenvalue weighted by molar-refractivity contribution is -0.121. The summed E-state index contributed by atoms with van der Waals surface area (Å²) in [6.07, 6.45) is 3.11. The standard InChI is InChI=1S/C23H23N5O4S2/c24-22(29)18(27-34(31,32)21-13-33-20-9-5-4-8-17(20)21)11-16-12-26-14-28(16)19(23(25)30)10-15-6-2-1-3-7-15/h1-9,12-14,18-19,27H,10-11H2,(H2,24,29)(H2,25,30)/t18-,19-/m0/s1. The van der Waals surface area contributed by atoms with Gasteiger partial charge in [0.2, 0.25) is 21.8 Å². The molecule has 0 aliphatic carbocycles. The summed E-state index contributed by atoms with van der Waals surface area (Å²) in [5, 5.41) is 2.09. The molecule has 4 aromatic rings. The lowest BCUT2D eigenvalue weighted by Gasteiger charge is -2.21. The Bertz CT molecular complexity index is 1430. The minimum absolute atomic E-state index is 0.0759. The smallest absolute Gasteiger partial charge is 0.242 e. The van der Waals surface area contributed by atoms with Crippen LogP contribution >= 0.6 is 11.3 Å². The van der Waals surface area contributed by atoms with Crippen LogP contribution in [0, 0.1) is 0 Å². The van der Waals surface area contributed by atoms with Crippen molar-refractivity contribution in [1.82, 2.24) is 14.3 Å². The average molecular weight is 498 g/mol. The first-order chi connectivity index (χ1) is 16.3. The number of rotatable bonds is 10. The molecule has 0 aliphatic heterocycles. The summed E-state index contributed by atoms with van der Waals surface area (Å²) in [6, 6.07) is 14.4. The Balaban J connectivity index is 1.60. The van der Waals surface area contributed by atoms with Crippen LogP contribution in [0.4, 0.5) is 0 Å². The van der Waals surface area contributed by atoms with Gasteiger partial charge in [-0.2, -0.15) is 4.72 Å². The van der Waals surface area contributed by atoms with E-state index in [0.717, 1.165) is 10.3 Å². The van der Waals surface area contributed by atoms with E-state index in [1.54, 1.807) is 16.7 Å². The molecule has 34 heavy (non-hydrogen) atoms. The number of carbonyl (C=O) groups excluding carboxylic acids is 2. The van der Waals surface area contributed by atoms with Crippen molar-refractivity contribution in [1.29, 1.82) is 0 Å². The van der Waals surface area contributed by atoms with Gasteiger partial charge in [0, 0.05) is 40.2 Å². The largest absolute Gasteiger partial charge is 0.368 e. The van der Waals surface area contributed by atoms with Crippen molar-refractivity contribution in [2.75, 3.05) is 0 Å². The van der Waals surface area contributed by atoms with E-state index < -0.39 is 33.9 Å². The third-order valence-corrected chi connectivity index (χ3v) is 8.10. The summed E-state index contributed by atoms with van der Waals surface area (Å²) in [7, 11) is -4.05. The lowest BCUT2D eigenvalue weighted by atomic mass is 10.0. The maximum Gasteiger partial charge on any atom is 0.242 e. The molecular formula is C23H23N5O4S2. The SMILES string of the molecule is NC(=O)[C@H](Cc1cncn1[C@@H](Cc1ccccc1)C(N)=O)NS(=O)(=O)c1csc2ccccc12. The fourth-order valence-corrected chi connectivity index (χ4v) is 6.47. The van der Waals surface area contributed by atoms with Gasteiger partial charge in [0.15, 0.2) is 0 Å². The van der Waals surface area contributed by atoms with Gasteiger partial charge in [-0.05, 0) is 11.6 Å². The Kier molecular flexibility index (Phi) is 6.77. The highest BCUT2D eigenvalue weighted by molar-refractivity contribution is 7.90. The summed E-state index contributed by atoms with van der Waals surface area (Å²) in [6.45, 7) is 0. The van der Waals surface area contributed by atoms with Crippen LogP contribution in [0.1, 0.15) is 17.3 Å². The molecule has 2 heterocycles. The number of primary amides is 2. The number of hydrogen-bond acceptors (Lipinski definition) is 6. The van der Waals surface area contributed by atoms with Crippen LogP contribution in [0.2, 0.25) is 0 Å². The molecule has 2 amide bonds. The third-order valence-electron chi connectivity index (χ3n) is 5.47. The number of imidazole rings is 1. The lowest BCUT2D eigenvalue weighted by Crippen LogP contribution is -2.46. The Morgan fingerprint density at radius 1 is 1.00 bits per heavy atom. The quantitative estimate of drug-likeness (QED) is 0.305. The first-order valence-corrected chi connectivity index (χ1v) is 12.7. The zero-order valence-corrected chi connectivity index (χ0v) is 19.6. The molecule has 2 aromatic heterocycles. The topological polar surface area (TPSA) is 150 Å². The molecule has 0 unspecified atom stereocenters. The van der Waals surface area contributed by atoms with E-state index in [4.69, 9.17) is 11.5 Å². The van der Waals surface area contributed by atoms with Gasteiger partial charge < -0.3 is 16.0 Å². The van der Waals surface area contributed by atoms with E-state index in [1.165, 1.54) is 29.2 Å². The average Bonchev–Trinajstić information content (AvgIpc) is 3.44. The number of nitrogens with two attached hydrogens (primary N) is 2. The van der Waals surface area contributed by atoms with E-state index in [0.29, 0.717) is 17.5 Å². The van der Waals surface area contributed by atoms with Crippen molar-refractivity contribution in [2.45, 2.75) is 29.8 Å². The number of fused-ring (bicyclic) bond motifs is 1. The van der Waals surface area contributed by atoms with Crippen molar-refractivity contribution in [3.8, 4) is 0 Å². The molecule has 0 saturated carbocycles. The van der Waals surface area contributed by atoms with Crippen LogP contribution in [-0.2, 0) is 32.5 Å². The predicted octanol–water partition coefficient (Wildman–Crippen LogP) is 1.74. The normalized spacial score (nSPS) is 13.5. The van der Waals surface area contributed by atoms with Crippen molar-refractivity contribution in [3.63, 3.8) is 0 Å². The van der Waals surface area contributed by atoms with Crippen LogP contribution in [0.15, 0.2) is 77.4 Å². The van der Waals surface area contributed by atoms with Crippen LogP contribution in [0.25, 0.3) is 10.1 Å². The Morgan fingerprint density at radius 2 is 1.71 bits per heavy atom. The molecule has 2 aromatic carbocycles. The third kappa shape index (κ3) is 5.01. The molecule has 0 radical (unpaired) electrons. The van der Waals surface area contributed by atoms with Crippen LogP contribution in [0.3, 0.4) is 0 Å². The number of thiophene rings is 1. The minimum atomic E-state index is -4.05. The molecule has 0 fully saturated rings. The summed E-state index contributed by atoms with van der Waals surface area (Å²) >= 11 is 1.29. The summed E-state index contributed by atoms with van der Waals surface area (Å²) in [5.41, 5.74) is 12.6. The first-order valence-electron chi connectivity index (χ1n) is 10.4. The number of nitrogens with one attached hydrogen (secondary N) is 1. The van der Waals surface area contributed by atoms with Gasteiger partial charge in [0.05, 0.1) is 6.33 Å². The molecule has 0 aliphatic rings. The second-order valence-electron chi connectivity index (χ2n) is 7.78. The molecule has 5 N–H and O–H groups in total. The summed E-state index contributed by atoms with van der Waals surface area (Å²) in [4.78, 5) is 28.6. The molecule has 2 atom stereocenters. The fourth-order valence-electron chi connectivity index (χ4n) is 3.77. The predicted molar refractivity (Wildman–Crippen MR) is 129 cm³/mol. The fraction of sp³-hybridized carbons (Fsp3) is 0.174. The van der Waals surface area contributed by atoms with E-state index in [2.05, 4.69) is 9.71 Å². The second-order valence-corrected chi connectivity index (χ2v) is 10.4. The highest BCUT2D eigenvalue weighted by atomic mass is 32.2. The monoisotopic (exact) mass is 497 g/mol. The van der Waals surface area contributed by atoms with Gasteiger partial charge in [-0.15, -0.1) is 11.3 Å². The molecule has 0 saturated heterocycles. The van der Waals surface area contributed by atoms with Crippen molar-refractivity contribution in [2.24, 2.45) is 11.5 Å². The van der Waals surface area contributed by atoms with Gasteiger partial charge >= 0.3 is 0 Å². The van der Waals surface area contributed by atoms with Gasteiger partial charge in [0.1, 0.15) is 17.0 Å². The Morgan fingerprint density at radius 3 is 2.41 bits per heavy atom. The molecule has 11 heteroatoms. The van der Waals surface area contributed by atoms with E-state index in [9.17, 15) is 18.0 Å². The highest BCUT2D eigenvalue weighted by Crippen LogP contribution is 2.29. The number of amides is 2. The second kappa shape index (κ2) is 9.75. The molecule has 0 bridgehead atoms. The van der Waals surface area contributed by atoms with Crippen LogP contribution < -0.4 is 16.2 Å². The first kappa shape index (κ1) is 23.6. The number of benzene rings is 2. The molecule has 176 valence electrons. The molecule has 4 rings (SSSR count). The van der Waals surface area contributed by atoms with Crippen molar-refractivity contribution < 1.29 is 18.0 Å². The molecular weight excluding hydrogens is 474 g/mol. The Labute approximate surface area is 200 Å². The molecule has 9 nitrogen and oxygen atoms in total. The Hall–Kier alpha value is -3.54. The number of sulfonamides is 1. The van der Waals surface area contributed by atoms with Crippen molar-refractivity contribution in [3.05, 3.63) is 83.8 Å². The summed E-state index contributed by atoms with van der Waals surface area (Å²) in [5.74, 6) is -1.43. The number of carbonyl (C=O) groups is 2. The number of hydrogen-bond donors (Lipinski definition) is 3. The number of nitrogens with zero attached hydrogens (tertiary/aromatic N) is 2. The van der Waals surface area contributed by atoms with E-state index in [1.807, 2.05) is 42.5 Å². The maximum absolute atomic E-state index is 13.1. The highest BCUT2D eigenvalue weighted by Gasteiger charge is 2.29. The van der Waals surface area contributed by atoms with Crippen LogP contribution in [0.5, 0.6) is 0 Å². The maximum atomic E-state index is 13.1. The van der Waals surface area contributed by atoms with Crippen molar-refractivity contribution >= 4 is 43.3 Å². The summed E-state index contributed by atoms with van der Waals surface area (Å²) < 4.78 is 31.0. The van der Waals surface area contributed by atoms with Gasteiger partial charge in [0.25, 0.3) is 0 Å². The van der Waals surface area contributed by atoms with Gasteiger partial charge in [-0.1, -0.05) is 48.5 Å². The van der Waals surface area contributed by atoms with Gasteiger partial charge in [-0.25, -0.2) is 13.4 Å². The van der Waals surface area contributed by atoms with E-state index in [-0.39, 0.29) is 11.3 Å². The zero-order valence-electron chi connectivity index (χ0n) is 18.0. The van der Waals surface area contributed by atoms with Gasteiger partial charge in [-0.3, -0.25) is 9.59 Å². The van der Waals surface area contributed by atoms with Crippen LogP contribution in [-0.4, -0.2) is 35.8 Å². The number of aromatic nitrogens is 2. The zero-order chi connectivity index (χ0) is 24.3. The minimum Gasteiger partial charge on any atom is -0.368 e. The molecule has 0 spiro atoms. The van der Waals surface area contributed by atoms with E-state index >= 15 is 0 Å².